The number of halogens is 4. The molecule has 0 bridgehead atoms. The number of carbonyl (C=O) groups excluding carboxylic acids is 1. The number of anilines is 1. The predicted molar refractivity (Wildman–Crippen MR) is 152 cm³/mol. The maximum Gasteiger partial charge on any atom is 0.250 e. The number of hydrogen-bond acceptors (Lipinski definition) is 5. The smallest absolute Gasteiger partial charge is 0.250 e. The number of hydrogen-bond donors (Lipinski definition) is 2. The molecular formula is C28H29Cl2F2N3O4S. The quantitative estimate of drug-likeness (QED) is 0.364. The molecule has 3 atom stereocenters. The molecule has 1 heterocycles. The summed E-state index contributed by atoms with van der Waals surface area (Å²) < 4.78 is 55.4. The van der Waals surface area contributed by atoms with Crippen LogP contribution < -0.4 is 9.62 Å². The Labute approximate surface area is 242 Å². The van der Waals surface area contributed by atoms with Crippen LogP contribution in [-0.4, -0.2) is 61.4 Å². The van der Waals surface area contributed by atoms with E-state index in [0.29, 0.717) is 16.1 Å². The van der Waals surface area contributed by atoms with Gasteiger partial charge in [-0.25, -0.2) is 17.2 Å². The summed E-state index contributed by atoms with van der Waals surface area (Å²) in [6, 6.07) is 13.4. The van der Waals surface area contributed by atoms with Crippen molar-refractivity contribution in [2.24, 2.45) is 0 Å². The van der Waals surface area contributed by atoms with Crippen molar-refractivity contribution in [3.05, 3.63) is 99.5 Å². The summed E-state index contributed by atoms with van der Waals surface area (Å²) >= 11 is 12.3. The van der Waals surface area contributed by atoms with Crippen molar-refractivity contribution in [1.29, 1.82) is 0 Å². The Morgan fingerprint density at radius 1 is 0.975 bits per heavy atom. The van der Waals surface area contributed by atoms with Crippen molar-refractivity contribution in [2.75, 3.05) is 17.1 Å². The van der Waals surface area contributed by atoms with E-state index >= 15 is 0 Å². The summed E-state index contributed by atoms with van der Waals surface area (Å²) in [5.41, 5.74) is 1.27. The number of carbonyl (C=O) groups is 1. The van der Waals surface area contributed by atoms with E-state index in [1.807, 2.05) is 0 Å². The van der Waals surface area contributed by atoms with E-state index in [0.717, 1.165) is 33.8 Å². The maximum absolute atomic E-state index is 14.2. The molecule has 1 saturated heterocycles. The van der Waals surface area contributed by atoms with E-state index < -0.39 is 51.8 Å². The third-order valence-corrected chi connectivity index (χ3v) is 8.36. The van der Waals surface area contributed by atoms with Crippen molar-refractivity contribution in [3.8, 4) is 0 Å². The standard InChI is InChI=1S/C28H29Cl2F2N3O4S/c1-16(2)33-28(37)27(36)26-24(35(40(3,38)39)23-13-21(31)12-22(32)14-23)15-34(26)25(17-4-8-19(29)9-5-17)18-6-10-20(30)11-7-18/h4-14,16,24-27,36H,15H2,1-3H3,(H,33,37)/t24?,26?,27-/m0/s1. The summed E-state index contributed by atoms with van der Waals surface area (Å²) in [6.45, 7) is 3.48. The zero-order valence-corrected chi connectivity index (χ0v) is 24.3. The second kappa shape index (κ2) is 12.0. The second-order valence-electron chi connectivity index (χ2n) is 10.1. The zero-order chi connectivity index (χ0) is 29.4. The Morgan fingerprint density at radius 2 is 1.45 bits per heavy atom. The van der Waals surface area contributed by atoms with Crippen LogP contribution in [0.4, 0.5) is 14.5 Å². The lowest BCUT2D eigenvalue weighted by atomic mass is 9.84. The Balaban J connectivity index is 1.85. The van der Waals surface area contributed by atoms with Crippen LogP contribution in [0.5, 0.6) is 0 Å². The highest BCUT2D eigenvalue weighted by Gasteiger charge is 2.53. The van der Waals surface area contributed by atoms with Crippen LogP contribution in [0, 0.1) is 11.6 Å². The minimum Gasteiger partial charge on any atom is -0.382 e. The molecule has 1 fully saturated rings. The third kappa shape index (κ3) is 6.58. The van der Waals surface area contributed by atoms with E-state index in [1.54, 1.807) is 67.3 Å². The van der Waals surface area contributed by atoms with Crippen LogP contribution in [0.2, 0.25) is 10.0 Å². The molecular weight excluding hydrogens is 583 g/mol. The molecule has 3 aromatic carbocycles. The van der Waals surface area contributed by atoms with Crippen LogP contribution in [0.1, 0.15) is 31.0 Å². The molecule has 0 saturated carbocycles. The zero-order valence-electron chi connectivity index (χ0n) is 21.9. The monoisotopic (exact) mass is 611 g/mol. The largest absolute Gasteiger partial charge is 0.382 e. The van der Waals surface area contributed by atoms with Crippen molar-refractivity contribution in [3.63, 3.8) is 0 Å². The van der Waals surface area contributed by atoms with Gasteiger partial charge in [-0.05, 0) is 61.4 Å². The molecule has 0 aliphatic carbocycles. The van der Waals surface area contributed by atoms with Gasteiger partial charge in [0.1, 0.15) is 17.7 Å². The predicted octanol–water partition coefficient (Wildman–Crippen LogP) is 4.77. The van der Waals surface area contributed by atoms with E-state index in [9.17, 15) is 27.1 Å². The Bertz CT molecular complexity index is 1410. The van der Waals surface area contributed by atoms with Crippen LogP contribution in [-0.2, 0) is 14.8 Å². The molecule has 0 aromatic heterocycles. The summed E-state index contributed by atoms with van der Waals surface area (Å²) in [4.78, 5) is 14.9. The van der Waals surface area contributed by atoms with Gasteiger partial charge in [0.2, 0.25) is 10.0 Å². The molecule has 2 N–H and O–H groups in total. The minimum atomic E-state index is -4.12. The van der Waals surface area contributed by atoms with Crippen LogP contribution >= 0.6 is 23.2 Å². The average molecular weight is 613 g/mol. The van der Waals surface area contributed by atoms with Crippen LogP contribution in [0.25, 0.3) is 0 Å². The SMILES string of the molecule is CC(C)NC(=O)[C@@H](O)C1C(N(c2cc(F)cc(F)c2)S(C)(=O)=O)CN1C(c1ccc(Cl)cc1)c1ccc(Cl)cc1. The molecule has 12 heteroatoms. The number of aliphatic hydroxyl groups excluding tert-OH is 1. The van der Waals surface area contributed by atoms with Gasteiger partial charge in [-0.15, -0.1) is 0 Å². The molecule has 2 unspecified atom stereocenters. The Hall–Kier alpha value is -2.76. The van der Waals surface area contributed by atoms with Gasteiger partial charge in [0, 0.05) is 28.7 Å². The van der Waals surface area contributed by atoms with Crippen LogP contribution in [0.15, 0.2) is 66.7 Å². The number of aliphatic hydroxyl groups is 1. The first-order chi connectivity index (χ1) is 18.8. The highest BCUT2D eigenvalue weighted by molar-refractivity contribution is 7.92. The number of benzene rings is 3. The highest BCUT2D eigenvalue weighted by Crippen LogP contribution is 2.42. The normalized spacial score (nSPS) is 18.4. The third-order valence-electron chi connectivity index (χ3n) is 6.66. The number of sulfonamides is 1. The molecule has 0 radical (unpaired) electrons. The van der Waals surface area contributed by atoms with Crippen molar-refractivity contribution in [2.45, 2.75) is 44.1 Å². The van der Waals surface area contributed by atoms with E-state index in [-0.39, 0.29) is 18.3 Å². The Morgan fingerprint density at radius 3 is 1.88 bits per heavy atom. The van der Waals surface area contributed by atoms with Crippen LogP contribution in [0.3, 0.4) is 0 Å². The molecule has 4 rings (SSSR count). The van der Waals surface area contributed by atoms with E-state index in [4.69, 9.17) is 23.2 Å². The number of likely N-dealkylation sites (tertiary alicyclic amines) is 1. The average Bonchev–Trinajstić information content (AvgIpc) is 2.83. The summed E-state index contributed by atoms with van der Waals surface area (Å²) in [5.74, 6) is -2.64. The molecule has 7 nitrogen and oxygen atoms in total. The van der Waals surface area contributed by atoms with Gasteiger partial charge in [-0.3, -0.25) is 14.0 Å². The first-order valence-electron chi connectivity index (χ1n) is 12.5. The molecule has 214 valence electrons. The van der Waals surface area contributed by atoms with Crippen molar-refractivity contribution < 1.29 is 27.1 Å². The van der Waals surface area contributed by atoms with Gasteiger partial charge in [-0.1, -0.05) is 47.5 Å². The van der Waals surface area contributed by atoms with Gasteiger partial charge >= 0.3 is 0 Å². The molecule has 1 amide bonds. The van der Waals surface area contributed by atoms with Gasteiger partial charge in [0.25, 0.3) is 5.91 Å². The highest BCUT2D eigenvalue weighted by atomic mass is 35.5. The first-order valence-corrected chi connectivity index (χ1v) is 15.1. The first kappa shape index (κ1) is 30.2. The summed E-state index contributed by atoms with van der Waals surface area (Å²) in [7, 11) is -4.12. The lowest BCUT2D eigenvalue weighted by Gasteiger charge is -2.56. The summed E-state index contributed by atoms with van der Waals surface area (Å²) in [6.07, 6.45) is -0.780. The van der Waals surface area contributed by atoms with Gasteiger partial charge in [0.15, 0.2) is 0 Å². The lowest BCUT2D eigenvalue weighted by Crippen LogP contribution is -2.73. The maximum atomic E-state index is 14.2. The molecule has 0 spiro atoms. The fourth-order valence-corrected chi connectivity index (χ4v) is 6.52. The topological polar surface area (TPSA) is 90.0 Å². The lowest BCUT2D eigenvalue weighted by molar-refractivity contribution is -0.139. The molecule has 3 aromatic rings. The second-order valence-corrected chi connectivity index (χ2v) is 12.8. The molecule has 40 heavy (non-hydrogen) atoms. The summed E-state index contributed by atoms with van der Waals surface area (Å²) in [5, 5.41) is 15.0. The van der Waals surface area contributed by atoms with Gasteiger partial charge < -0.3 is 10.4 Å². The fraction of sp³-hybridized carbons (Fsp3) is 0.321. The molecule has 1 aliphatic heterocycles. The number of rotatable bonds is 9. The van der Waals surface area contributed by atoms with Crippen molar-refractivity contribution >= 4 is 44.8 Å². The van der Waals surface area contributed by atoms with Gasteiger partial charge in [0.05, 0.1) is 30.1 Å². The van der Waals surface area contributed by atoms with Gasteiger partial charge in [-0.2, -0.15) is 0 Å². The fourth-order valence-electron chi connectivity index (χ4n) is 5.10. The number of amides is 1. The minimum absolute atomic E-state index is 0.0256. The van der Waals surface area contributed by atoms with E-state index in [2.05, 4.69) is 5.32 Å². The van der Waals surface area contributed by atoms with Crippen molar-refractivity contribution in [1.82, 2.24) is 10.2 Å². The number of nitrogens with one attached hydrogen (secondary N) is 1. The number of nitrogens with zero attached hydrogens (tertiary/aromatic N) is 2. The molecule has 1 aliphatic rings. The Kier molecular flexibility index (Phi) is 9.06. The van der Waals surface area contributed by atoms with E-state index in [1.165, 1.54) is 0 Å².